The lowest BCUT2D eigenvalue weighted by Gasteiger charge is -2.24. The van der Waals surface area contributed by atoms with Crippen molar-refractivity contribution in [2.45, 2.75) is 31.3 Å². The molecule has 6 nitrogen and oxygen atoms in total. The second-order valence-electron chi connectivity index (χ2n) is 5.11. The molecule has 1 aliphatic rings. The van der Waals surface area contributed by atoms with Gasteiger partial charge in [-0.3, -0.25) is 0 Å². The van der Waals surface area contributed by atoms with Gasteiger partial charge in [0.15, 0.2) is 0 Å². The third-order valence-electron chi connectivity index (χ3n) is 3.38. The van der Waals surface area contributed by atoms with Crippen molar-refractivity contribution in [3.63, 3.8) is 0 Å². The Morgan fingerprint density at radius 1 is 1.33 bits per heavy atom. The second kappa shape index (κ2) is 7.64. The molecule has 1 aliphatic heterocycles. The van der Waals surface area contributed by atoms with Crippen molar-refractivity contribution in [1.29, 1.82) is 0 Å². The standard InChI is InChI=1S/C15H20N2O4/c18-14(19)13(9-11-5-2-1-3-6-11)17-15(20)16-12-7-4-8-21-10-12/h1-3,5-6,12-13H,4,7-10H2,(H,18,19)(H2,16,17,20)/t12?,13-/m0/s1. The van der Waals surface area contributed by atoms with Crippen LogP contribution in [0.4, 0.5) is 4.79 Å². The number of ether oxygens (including phenoxy) is 1. The Morgan fingerprint density at radius 3 is 2.71 bits per heavy atom. The van der Waals surface area contributed by atoms with Gasteiger partial charge in [0.05, 0.1) is 12.6 Å². The number of carbonyl (C=O) groups excluding carboxylic acids is 1. The van der Waals surface area contributed by atoms with Gasteiger partial charge in [-0.2, -0.15) is 0 Å². The van der Waals surface area contributed by atoms with E-state index in [1.165, 1.54) is 0 Å². The number of hydrogen-bond donors (Lipinski definition) is 3. The number of benzene rings is 1. The number of rotatable bonds is 5. The zero-order valence-electron chi connectivity index (χ0n) is 11.7. The van der Waals surface area contributed by atoms with E-state index in [2.05, 4.69) is 10.6 Å². The highest BCUT2D eigenvalue weighted by Gasteiger charge is 2.22. The molecule has 2 amide bonds. The Kier molecular flexibility index (Phi) is 5.57. The fourth-order valence-electron chi connectivity index (χ4n) is 2.29. The van der Waals surface area contributed by atoms with Crippen molar-refractivity contribution in [3.05, 3.63) is 35.9 Å². The van der Waals surface area contributed by atoms with Crippen LogP contribution in [-0.4, -0.2) is 42.4 Å². The van der Waals surface area contributed by atoms with Crippen LogP contribution in [0.15, 0.2) is 30.3 Å². The van der Waals surface area contributed by atoms with Crippen LogP contribution in [0.3, 0.4) is 0 Å². The van der Waals surface area contributed by atoms with Gasteiger partial charge >= 0.3 is 12.0 Å². The third kappa shape index (κ3) is 5.07. The summed E-state index contributed by atoms with van der Waals surface area (Å²) in [5.74, 6) is -1.05. The van der Waals surface area contributed by atoms with Gasteiger partial charge in [0, 0.05) is 13.0 Å². The lowest BCUT2D eigenvalue weighted by atomic mass is 10.1. The monoisotopic (exact) mass is 292 g/mol. The summed E-state index contributed by atoms with van der Waals surface area (Å²) >= 11 is 0. The molecule has 0 radical (unpaired) electrons. The summed E-state index contributed by atoms with van der Waals surface area (Å²) in [7, 11) is 0. The number of carboxylic acid groups (broad SMARTS) is 1. The minimum absolute atomic E-state index is 0.0510. The van der Waals surface area contributed by atoms with Gasteiger partial charge in [-0.25, -0.2) is 9.59 Å². The van der Waals surface area contributed by atoms with E-state index in [1.807, 2.05) is 30.3 Å². The number of nitrogens with one attached hydrogen (secondary N) is 2. The van der Waals surface area contributed by atoms with Crippen LogP contribution in [0.1, 0.15) is 18.4 Å². The van der Waals surface area contributed by atoms with Crippen molar-refractivity contribution in [3.8, 4) is 0 Å². The van der Waals surface area contributed by atoms with E-state index in [-0.39, 0.29) is 12.5 Å². The smallest absolute Gasteiger partial charge is 0.326 e. The predicted octanol–water partition coefficient (Wildman–Crippen LogP) is 1.16. The average molecular weight is 292 g/mol. The Labute approximate surface area is 123 Å². The summed E-state index contributed by atoms with van der Waals surface area (Å²) in [5.41, 5.74) is 0.867. The highest BCUT2D eigenvalue weighted by Crippen LogP contribution is 2.06. The normalized spacial score (nSPS) is 19.5. The number of aliphatic carboxylic acids is 1. The summed E-state index contributed by atoms with van der Waals surface area (Å²) in [5, 5.41) is 14.5. The van der Waals surface area contributed by atoms with E-state index in [4.69, 9.17) is 4.74 Å². The van der Waals surface area contributed by atoms with Gasteiger partial charge in [-0.05, 0) is 18.4 Å². The van der Waals surface area contributed by atoms with Gasteiger partial charge in [0.2, 0.25) is 0 Å². The number of hydrogen-bond acceptors (Lipinski definition) is 3. The molecular weight excluding hydrogens is 272 g/mol. The molecule has 114 valence electrons. The molecule has 0 aromatic heterocycles. The van der Waals surface area contributed by atoms with E-state index in [1.54, 1.807) is 0 Å². The molecule has 1 aromatic rings. The average Bonchev–Trinajstić information content (AvgIpc) is 2.48. The maximum Gasteiger partial charge on any atom is 0.326 e. The molecule has 2 atom stereocenters. The molecule has 1 aromatic carbocycles. The van der Waals surface area contributed by atoms with Gasteiger partial charge in [-0.1, -0.05) is 30.3 Å². The van der Waals surface area contributed by atoms with Gasteiger partial charge in [-0.15, -0.1) is 0 Å². The summed E-state index contributed by atoms with van der Waals surface area (Å²) < 4.78 is 5.27. The molecule has 2 rings (SSSR count). The highest BCUT2D eigenvalue weighted by atomic mass is 16.5. The van der Waals surface area contributed by atoms with Crippen molar-refractivity contribution in [2.24, 2.45) is 0 Å². The van der Waals surface area contributed by atoms with Crippen LogP contribution in [0.5, 0.6) is 0 Å². The van der Waals surface area contributed by atoms with Gasteiger partial charge < -0.3 is 20.5 Å². The first-order chi connectivity index (χ1) is 10.1. The molecule has 3 N–H and O–H groups in total. The van der Waals surface area contributed by atoms with Gasteiger partial charge in [0.1, 0.15) is 6.04 Å². The van der Waals surface area contributed by atoms with E-state index in [0.29, 0.717) is 13.2 Å². The number of urea groups is 1. The number of carboxylic acids is 1. The molecule has 1 heterocycles. The summed E-state index contributed by atoms with van der Waals surface area (Å²) in [6.45, 7) is 1.19. The van der Waals surface area contributed by atoms with Gasteiger partial charge in [0.25, 0.3) is 0 Å². The summed E-state index contributed by atoms with van der Waals surface area (Å²) in [4.78, 5) is 23.1. The van der Waals surface area contributed by atoms with Crippen LogP contribution in [0, 0.1) is 0 Å². The molecule has 0 bridgehead atoms. The minimum Gasteiger partial charge on any atom is -0.480 e. The van der Waals surface area contributed by atoms with Crippen LogP contribution < -0.4 is 10.6 Å². The predicted molar refractivity (Wildman–Crippen MR) is 77.1 cm³/mol. The molecule has 6 heteroatoms. The maximum absolute atomic E-state index is 11.9. The Morgan fingerprint density at radius 2 is 2.10 bits per heavy atom. The molecule has 0 saturated carbocycles. The molecule has 21 heavy (non-hydrogen) atoms. The van der Waals surface area contributed by atoms with Crippen molar-refractivity contribution in [1.82, 2.24) is 10.6 Å². The zero-order chi connectivity index (χ0) is 15.1. The van der Waals surface area contributed by atoms with E-state index < -0.39 is 18.0 Å². The molecule has 0 spiro atoms. The highest BCUT2D eigenvalue weighted by molar-refractivity contribution is 5.82. The van der Waals surface area contributed by atoms with Crippen LogP contribution in [0.25, 0.3) is 0 Å². The maximum atomic E-state index is 11.9. The lowest BCUT2D eigenvalue weighted by molar-refractivity contribution is -0.139. The topological polar surface area (TPSA) is 87.7 Å². The molecule has 1 unspecified atom stereocenters. The van der Waals surface area contributed by atoms with Crippen LogP contribution in [-0.2, 0) is 16.0 Å². The van der Waals surface area contributed by atoms with E-state index >= 15 is 0 Å². The first kappa shape index (κ1) is 15.3. The Bertz CT molecular complexity index is 472. The molecule has 0 aliphatic carbocycles. The molecule has 1 saturated heterocycles. The first-order valence-corrected chi connectivity index (χ1v) is 7.06. The second-order valence-corrected chi connectivity index (χ2v) is 5.11. The van der Waals surface area contributed by atoms with Crippen molar-refractivity contribution < 1.29 is 19.4 Å². The van der Waals surface area contributed by atoms with E-state index in [9.17, 15) is 14.7 Å². The number of carbonyl (C=O) groups is 2. The SMILES string of the molecule is O=C(NC1CCCOC1)N[C@@H](Cc1ccccc1)C(=O)O. The van der Waals surface area contributed by atoms with Crippen LogP contribution in [0.2, 0.25) is 0 Å². The summed E-state index contributed by atoms with van der Waals surface area (Å²) in [6.07, 6.45) is 2.01. The van der Waals surface area contributed by atoms with Crippen LogP contribution >= 0.6 is 0 Å². The fraction of sp³-hybridized carbons (Fsp3) is 0.467. The Hall–Kier alpha value is -2.08. The summed E-state index contributed by atoms with van der Waals surface area (Å²) in [6, 6.07) is 7.76. The quantitative estimate of drug-likeness (QED) is 0.760. The molecule has 1 fully saturated rings. The first-order valence-electron chi connectivity index (χ1n) is 7.06. The Balaban J connectivity index is 1.86. The van der Waals surface area contributed by atoms with Crippen molar-refractivity contribution >= 4 is 12.0 Å². The minimum atomic E-state index is -1.05. The van der Waals surface area contributed by atoms with E-state index in [0.717, 1.165) is 18.4 Å². The largest absolute Gasteiger partial charge is 0.480 e. The third-order valence-corrected chi connectivity index (χ3v) is 3.38. The lowest BCUT2D eigenvalue weighted by Crippen LogP contribution is -2.51. The fourth-order valence-corrected chi connectivity index (χ4v) is 2.29. The number of amides is 2. The zero-order valence-corrected chi connectivity index (χ0v) is 11.7. The van der Waals surface area contributed by atoms with Crippen molar-refractivity contribution in [2.75, 3.05) is 13.2 Å². The molecular formula is C15H20N2O4.